The van der Waals surface area contributed by atoms with E-state index in [2.05, 4.69) is 35.7 Å². The van der Waals surface area contributed by atoms with Gasteiger partial charge in [0.1, 0.15) is 0 Å². The molecule has 1 nitrogen and oxygen atoms in total. The van der Waals surface area contributed by atoms with Gasteiger partial charge in [0.05, 0.1) is 0 Å². The first-order chi connectivity index (χ1) is 7.43. The number of hydrogen-bond donors (Lipinski definition) is 1. The van der Waals surface area contributed by atoms with Crippen LogP contribution in [0.15, 0.2) is 30.3 Å². The van der Waals surface area contributed by atoms with Gasteiger partial charge in [-0.05, 0) is 48.4 Å². The lowest BCUT2D eigenvalue weighted by Gasteiger charge is -2.14. The second kappa shape index (κ2) is 3.82. The zero-order valence-electron chi connectivity index (χ0n) is 9.00. The summed E-state index contributed by atoms with van der Waals surface area (Å²) in [5, 5.41) is 3.36. The fraction of sp³-hybridized carbons (Fsp3) is 0.429. The highest BCUT2D eigenvalue weighted by atomic mass is 14.8. The monoisotopic (exact) mass is 199 g/mol. The first kappa shape index (κ1) is 9.17. The summed E-state index contributed by atoms with van der Waals surface area (Å²) >= 11 is 0. The maximum atomic E-state index is 3.36. The maximum Gasteiger partial charge on any atom is 0.0140 e. The second-order valence-electron chi connectivity index (χ2n) is 4.58. The molecule has 2 aliphatic rings. The molecular weight excluding hydrogens is 182 g/mol. The van der Waals surface area contributed by atoms with E-state index >= 15 is 0 Å². The largest absolute Gasteiger partial charge is 0.313 e. The fourth-order valence-corrected chi connectivity index (χ4v) is 2.29. The molecule has 1 aliphatic heterocycles. The van der Waals surface area contributed by atoms with Crippen molar-refractivity contribution in [3.8, 4) is 0 Å². The van der Waals surface area contributed by atoms with Crippen molar-refractivity contribution in [1.82, 2.24) is 5.32 Å². The molecule has 1 heterocycles. The maximum absolute atomic E-state index is 3.36. The number of hydrogen-bond acceptors (Lipinski definition) is 1. The summed E-state index contributed by atoms with van der Waals surface area (Å²) in [6, 6.07) is 9.15. The molecule has 1 aromatic rings. The van der Waals surface area contributed by atoms with Crippen LogP contribution in [-0.2, 0) is 0 Å². The van der Waals surface area contributed by atoms with Crippen LogP contribution < -0.4 is 5.32 Å². The van der Waals surface area contributed by atoms with Gasteiger partial charge in [0.25, 0.3) is 0 Å². The van der Waals surface area contributed by atoms with Crippen molar-refractivity contribution in [2.45, 2.75) is 25.2 Å². The number of nitrogens with one attached hydrogen (secondary N) is 1. The van der Waals surface area contributed by atoms with Crippen LogP contribution >= 0.6 is 0 Å². The average molecular weight is 199 g/mol. The molecule has 1 N–H and O–H groups in total. The summed E-state index contributed by atoms with van der Waals surface area (Å²) in [6.07, 6.45) is 6.29. The SMILES string of the molecule is C1=C(c2cccc(C3CC3)c2)CCNC1. The molecule has 0 amide bonds. The van der Waals surface area contributed by atoms with Crippen molar-refractivity contribution >= 4 is 5.57 Å². The van der Waals surface area contributed by atoms with Crippen molar-refractivity contribution in [1.29, 1.82) is 0 Å². The summed E-state index contributed by atoms with van der Waals surface area (Å²) in [5.41, 5.74) is 4.52. The standard InChI is InChI=1S/C14H17N/c1-2-13(11-4-5-11)10-14(3-1)12-6-8-15-9-7-12/h1-3,6,10-11,15H,4-5,7-9H2. The highest BCUT2D eigenvalue weighted by Gasteiger charge is 2.23. The Morgan fingerprint density at radius 2 is 2.13 bits per heavy atom. The molecule has 0 atom stereocenters. The van der Waals surface area contributed by atoms with Crippen LogP contribution in [0, 0.1) is 0 Å². The zero-order chi connectivity index (χ0) is 10.1. The van der Waals surface area contributed by atoms with Gasteiger partial charge in [-0.1, -0.05) is 30.3 Å². The average Bonchev–Trinajstić information content (AvgIpc) is 3.14. The molecular formula is C14H17N. The Bertz CT molecular complexity index is 388. The molecule has 0 radical (unpaired) electrons. The van der Waals surface area contributed by atoms with Gasteiger partial charge in [-0.2, -0.15) is 0 Å². The van der Waals surface area contributed by atoms with Crippen LogP contribution in [-0.4, -0.2) is 13.1 Å². The van der Waals surface area contributed by atoms with E-state index in [1.54, 1.807) is 5.56 Å². The zero-order valence-corrected chi connectivity index (χ0v) is 9.00. The van der Waals surface area contributed by atoms with Crippen molar-refractivity contribution in [2.75, 3.05) is 13.1 Å². The van der Waals surface area contributed by atoms with E-state index in [0.29, 0.717) is 0 Å². The molecule has 78 valence electrons. The van der Waals surface area contributed by atoms with Gasteiger partial charge < -0.3 is 5.32 Å². The van der Waals surface area contributed by atoms with E-state index in [9.17, 15) is 0 Å². The third-order valence-electron chi connectivity index (χ3n) is 3.37. The fourth-order valence-electron chi connectivity index (χ4n) is 2.29. The van der Waals surface area contributed by atoms with E-state index in [0.717, 1.165) is 19.0 Å². The predicted molar refractivity (Wildman–Crippen MR) is 63.9 cm³/mol. The lowest BCUT2D eigenvalue weighted by molar-refractivity contribution is 0.738. The van der Waals surface area contributed by atoms with Crippen molar-refractivity contribution in [2.24, 2.45) is 0 Å². The summed E-state index contributed by atoms with van der Waals surface area (Å²) in [7, 11) is 0. The lowest BCUT2D eigenvalue weighted by Crippen LogP contribution is -2.20. The van der Waals surface area contributed by atoms with Crippen LogP contribution in [0.5, 0.6) is 0 Å². The predicted octanol–water partition coefficient (Wildman–Crippen LogP) is 2.94. The third-order valence-corrected chi connectivity index (χ3v) is 3.37. The van der Waals surface area contributed by atoms with Crippen LogP contribution in [0.4, 0.5) is 0 Å². The van der Waals surface area contributed by atoms with Gasteiger partial charge in [0.2, 0.25) is 0 Å². The molecule has 0 unspecified atom stereocenters. The molecule has 0 spiro atoms. The Morgan fingerprint density at radius 3 is 2.87 bits per heavy atom. The van der Waals surface area contributed by atoms with Gasteiger partial charge >= 0.3 is 0 Å². The summed E-state index contributed by atoms with van der Waals surface area (Å²) < 4.78 is 0. The van der Waals surface area contributed by atoms with E-state index < -0.39 is 0 Å². The van der Waals surface area contributed by atoms with E-state index in [4.69, 9.17) is 0 Å². The van der Waals surface area contributed by atoms with E-state index in [1.165, 1.54) is 30.4 Å². The van der Waals surface area contributed by atoms with E-state index in [1.807, 2.05) is 0 Å². The molecule has 1 saturated carbocycles. The molecule has 1 aliphatic carbocycles. The van der Waals surface area contributed by atoms with E-state index in [-0.39, 0.29) is 0 Å². The van der Waals surface area contributed by atoms with Gasteiger partial charge in [-0.25, -0.2) is 0 Å². The highest BCUT2D eigenvalue weighted by Crippen LogP contribution is 2.40. The van der Waals surface area contributed by atoms with Crippen LogP contribution in [0.2, 0.25) is 0 Å². The Hall–Kier alpha value is -1.08. The third kappa shape index (κ3) is 1.98. The first-order valence-corrected chi connectivity index (χ1v) is 5.93. The topological polar surface area (TPSA) is 12.0 Å². The Labute approximate surface area is 91.2 Å². The molecule has 3 rings (SSSR count). The smallest absolute Gasteiger partial charge is 0.0140 e. The van der Waals surface area contributed by atoms with Crippen LogP contribution in [0.25, 0.3) is 5.57 Å². The van der Waals surface area contributed by atoms with Crippen LogP contribution in [0.1, 0.15) is 36.3 Å². The molecule has 0 saturated heterocycles. The van der Waals surface area contributed by atoms with Crippen molar-refractivity contribution in [3.05, 3.63) is 41.5 Å². The molecule has 0 aromatic heterocycles. The Morgan fingerprint density at radius 1 is 1.20 bits per heavy atom. The van der Waals surface area contributed by atoms with Crippen molar-refractivity contribution < 1.29 is 0 Å². The number of benzene rings is 1. The minimum Gasteiger partial charge on any atom is -0.313 e. The Kier molecular flexibility index (Phi) is 2.34. The van der Waals surface area contributed by atoms with Gasteiger partial charge in [0.15, 0.2) is 0 Å². The Balaban J connectivity index is 1.89. The molecule has 0 bridgehead atoms. The van der Waals surface area contributed by atoms with Gasteiger partial charge in [-0.15, -0.1) is 0 Å². The minimum atomic E-state index is 0.868. The summed E-state index contributed by atoms with van der Waals surface area (Å²) in [6.45, 7) is 2.16. The second-order valence-corrected chi connectivity index (χ2v) is 4.58. The molecule has 1 aromatic carbocycles. The number of rotatable bonds is 2. The van der Waals surface area contributed by atoms with Crippen LogP contribution in [0.3, 0.4) is 0 Å². The minimum absolute atomic E-state index is 0.868. The normalized spacial score (nSPS) is 21.2. The highest BCUT2D eigenvalue weighted by molar-refractivity contribution is 5.67. The van der Waals surface area contributed by atoms with Gasteiger partial charge in [0, 0.05) is 6.54 Å². The molecule has 15 heavy (non-hydrogen) atoms. The first-order valence-electron chi connectivity index (χ1n) is 5.93. The lowest BCUT2D eigenvalue weighted by atomic mass is 9.97. The van der Waals surface area contributed by atoms with Crippen molar-refractivity contribution in [3.63, 3.8) is 0 Å². The summed E-state index contributed by atoms with van der Waals surface area (Å²) in [5.74, 6) is 0.868. The van der Waals surface area contributed by atoms with Gasteiger partial charge in [-0.3, -0.25) is 0 Å². The molecule has 1 fully saturated rings. The molecule has 1 heteroatoms. The summed E-state index contributed by atoms with van der Waals surface area (Å²) in [4.78, 5) is 0. The quantitative estimate of drug-likeness (QED) is 0.772.